The molecule has 0 radical (unpaired) electrons. The van der Waals surface area contributed by atoms with Crippen molar-refractivity contribution in [3.05, 3.63) is 11.6 Å². The smallest absolute Gasteiger partial charge is 0.111 e. The zero-order chi connectivity index (χ0) is 15.5. The molecule has 0 saturated heterocycles. The summed E-state index contributed by atoms with van der Waals surface area (Å²) >= 11 is 0. The Bertz CT molecular complexity index is 465. The molecule has 1 aliphatic rings. The highest BCUT2D eigenvalue weighted by molar-refractivity contribution is 7.43. The van der Waals surface area contributed by atoms with Crippen LogP contribution in [0.25, 0.3) is 0 Å². The molecule has 0 aromatic rings. The zero-order valence-electron chi connectivity index (χ0n) is 9.79. The average Bonchev–Trinajstić information content (AvgIpc) is 2.27. The van der Waals surface area contributed by atoms with Gasteiger partial charge < -0.3 is 48.5 Å². The van der Waals surface area contributed by atoms with E-state index in [1.807, 2.05) is 0 Å². The third kappa shape index (κ3) is 5.00. The number of carbonyl (C=O) groups excluding carboxylic acids is 2. The second-order valence-electron chi connectivity index (χ2n) is 3.91. The Morgan fingerprint density at radius 2 is 2.00 bits per heavy atom. The van der Waals surface area contributed by atoms with Crippen LogP contribution < -0.4 is 20.0 Å². The second-order valence-corrected chi connectivity index (χ2v) is 5.02. The Kier molecular flexibility index (Phi) is 5.40. The summed E-state index contributed by atoms with van der Waals surface area (Å²) in [7, 11) is -5.48. The minimum Gasteiger partial charge on any atom is -0.790 e. The van der Waals surface area contributed by atoms with Crippen LogP contribution in [0.2, 0.25) is 0 Å². The van der Waals surface area contributed by atoms with E-state index in [-0.39, 0.29) is 0 Å². The molecule has 0 bridgehead atoms. The van der Waals surface area contributed by atoms with Gasteiger partial charge in [0.25, 0.3) is 0 Å². The number of phosphoric ester groups is 1. The maximum Gasteiger partial charge on any atom is 0.111 e. The molecule has 0 heterocycles. The first-order valence-electron chi connectivity index (χ1n) is 5.22. The normalized spacial score (nSPS) is 26.9. The van der Waals surface area contributed by atoms with Gasteiger partial charge in [0.05, 0.1) is 32.5 Å². The van der Waals surface area contributed by atoms with Crippen molar-refractivity contribution < 1.29 is 48.5 Å². The summed E-state index contributed by atoms with van der Waals surface area (Å²) in [6.07, 6.45) is -4.70. The molecule has 0 fully saturated rings. The summed E-state index contributed by atoms with van der Waals surface area (Å²) in [6, 6.07) is 0. The van der Waals surface area contributed by atoms with Crippen LogP contribution in [0.15, 0.2) is 11.6 Å². The fourth-order valence-electron chi connectivity index (χ4n) is 1.64. The number of aliphatic hydroxyl groups excluding tert-OH is 1. The lowest BCUT2D eigenvalue weighted by Crippen LogP contribution is -2.47. The van der Waals surface area contributed by atoms with Crippen molar-refractivity contribution in [1.29, 1.82) is 0 Å². The van der Waals surface area contributed by atoms with Gasteiger partial charge in [-0.05, 0) is 11.6 Å². The minimum absolute atomic E-state index is 0.489. The molecule has 114 valence electrons. The third-order valence-corrected chi connectivity index (χ3v) is 2.95. The number of aliphatic carboxylic acids is 2. The molecule has 1 N–H and O–H groups in total. The van der Waals surface area contributed by atoms with Crippen LogP contribution in [0.4, 0.5) is 0 Å². The van der Waals surface area contributed by atoms with E-state index in [1.54, 1.807) is 0 Å². The molecule has 0 unspecified atom stereocenters. The maximum atomic E-state index is 10.7. The van der Waals surface area contributed by atoms with E-state index < -0.39 is 56.7 Å². The number of carbonyl (C=O) groups is 2. The first kappa shape index (κ1) is 16.8. The highest BCUT2D eigenvalue weighted by Gasteiger charge is 2.34. The Hall–Kier alpha value is -1.29. The summed E-state index contributed by atoms with van der Waals surface area (Å²) < 4.78 is 19.2. The van der Waals surface area contributed by atoms with E-state index in [2.05, 4.69) is 9.26 Å². The van der Waals surface area contributed by atoms with E-state index in [1.165, 1.54) is 0 Å². The second kappa shape index (κ2) is 6.44. The predicted octanol–water partition coefficient (Wildman–Crippen LogP) is -5.22. The molecule has 1 rings (SSSR count). The fraction of sp³-hybridized carbons (Fsp3) is 0.556. The van der Waals surface area contributed by atoms with Crippen LogP contribution in [0, 0.1) is 0 Å². The molecular formula is C9H9O10P-4. The van der Waals surface area contributed by atoms with Gasteiger partial charge in [-0.15, -0.1) is 0 Å². The van der Waals surface area contributed by atoms with Gasteiger partial charge in [0.2, 0.25) is 0 Å². The Morgan fingerprint density at radius 3 is 2.45 bits per heavy atom. The Morgan fingerprint density at radius 1 is 1.40 bits per heavy atom. The molecule has 0 aromatic heterocycles. The van der Waals surface area contributed by atoms with E-state index in [0.717, 1.165) is 6.08 Å². The van der Waals surface area contributed by atoms with Gasteiger partial charge in [-0.25, -0.2) is 0 Å². The van der Waals surface area contributed by atoms with Crippen molar-refractivity contribution in [2.75, 3.05) is 6.61 Å². The van der Waals surface area contributed by atoms with Gasteiger partial charge >= 0.3 is 0 Å². The molecule has 10 nitrogen and oxygen atoms in total. The maximum absolute atomic E-state index is 10.7. The van der Waals surface area contributed by atoms with E-state index in [9.17, 15) is 39.3 Å². The number of carboxylic acid groups (broad SMARTS) is 2. The number of ether oxygens (including phenoxy) is 1. The van der Waals surface area contributed by atoms with Crippen molar-refractivity contribution in [2.24, 2.45) is 0 Å². The van der Waals surface area contributed by atoms with Crippen LogP contribution in [0.5, 0.6) is 0 Å². The van der Waals surface area contributed by atoms with Gasteiger partial charge in [0, 0.05) is 6.42 Å². The largest absolute Gasteiger partial charge is 0.790 e. The molecule has 11 heteroatoms. The van der Waals surface area contributed by atoms with Crippen molar-refractivity contribution in [2.45, 2.75) is 24.7 Å². The van der Waals surface area contributed by atoms with E-state index in [4.69, 9.17) is 0 Å². The standard InChI is InChI=1S/C9H13O10P/c10-7(11)3-18-5-1-4(9(13)14)2-6(8(5)12)19-20(15,16)17/h1,5-6,8,12H,2-3H2,(H,10,11)(H,13,14)(H2,15,16,17)/p-4/t5-,6-,8+/m1/s1. The van der Waals surface area contributed by atoms with Crippen LogP contribution >= 0.6 is 7.82 Å². The molecule has 0 aliphatic heterocycles. The quantitative estimate of drug-likeness (QED) is 0.465. The molecule has 0 spiro atoms. The van der Waals surface area contributed by atoms with Gasteiger partial charge in [-0.2, -0.15) is 0 Å². The number of aliphatic hydroxyl groups is 1. The van der Waals surface area contributed by atoms with E-state index >= 15 is 0 Å². The fourth-order valence-corrected chi connectivity index (χ4v) is 2.17. The van der Waals surface area contributed by atoms with Crippen molar-refractivity contribution >= 4 is 19.8 Å². The SMILES string of the molecule is O=C([O-])CO[C@@H]1C=C(C(=O)[O-])C[C@@H](OP(=O)([O-])[O-])[C@H]1O. The molecule has 0 aromatic carbocycles. The van der Waals surface area contributed by atoms with Gasteiger partial charge in [0.15, 0.2) is 0 Å². The number of hydrogen-bond donors (Lipinski definition) is 1. The Labute approximate surface area is 112 Å². The molecule has 3 atom stereocenters. The van der Waals surface area contributed by atoms with Crippen molar-refractivity contribution in [3.63, 3.8) is 0 Å². The van der Waals surface area contributed by atoms with Crippen molar-refractivity contribution in [1.82, 2.24) is 0 Å². The van der Waals surface area contributed by atoms with E-state index in [0.29, 0.717) is 0 Å². The summed E-state index contributed by atoms with van der Waals surface area (Å²) in [5, 5.41) is 30.6. The number of phosphoric acid groups is 1. The molecule has 20 heavy (non-hydrogen) atoms. The number of rotatable bonds is 6. The van der Waals surface area contributed by atoms with Crippen LogP contribution in [-0.4, -0.2) is 42.0 Å². The Balaban J connectivity index is 2.91. The van der Waals surface area contributed by atoms with Crippen LogP contribution in [0.3, 0.4) is 0 Å². The summed E-state index contributed by atoms with van der Waals surface area (Å²) in [5.74, 6) is -3.33. The summed E-state index contributed by atoms with van der Waals surface area (Å²) in [6.45, 7) is -0.975. The number of hydrogen-bond acceptors (Lipinski definition) is 10. The van der Waals surface area contributed by atoms with Crippen LogP contribution in [0.1, 0.15) is 6.42 Å². The number of carboxylic acids is 2. The van der Waals surface area contributed by atoms with Crippen molar-refractivity contribution in [3.8, 4) is 0 Å². The lowest BCUT2D eigenvalue weighted by atomic mass is 9.92. The summed E-state index contributed by atoms with van der Waals surface area (Å²) in [5.41, 5.74) is -0.489. The highest BCUT2D eigenvalue weighted by Crippen LogP contribution is 2.34. The minimum atomic E-state index is -5.48. The lowest BCUT2D eigenvalue weighted by molar-refractivity contribution is -0.348. The predicted molar refractivity (Wildman–Crippen MR) is 50.9 cm³/mol. The molecule has 0 amide bonds. The molecule has 0 saturated carbocycles. The third-order valence-electron chi connectivity index (χ3n) is 2.42. The monoisotopic (exact) mass is 308 g/mol. The zero-order valence-corrected chi connectivity index (χ0v) is 10.7. The van der Waals surface area contributed by atoms with Gasteiger partial charge in [-0.1, -0.05) is 0 Å². The molecule has 1 aliphatic carbocycles. The first-order valence-corrected chi connectivity index (χ1v) is 6.68. The van der Waals surface area contributed by atoms with Gasteiger partial charge in [-0.3, -0.25) is 0 Å². The van der Waals surface area contributed by atoms with Crippen LogP contribution in [-0.2, 0) is 23.4 Å². The highest BCUT2D eigenvalue weighted by atomic mass is 31.2. The van der Waals surface area contributed by atoms with Gasteiger partial charge in [0.1, 0.15) is 12.2 Å². The topological polar surface area (TPSA) is 182 Å². The first-order chi connectivity index (χ1) is 9.10. The average molecular weight is 308 g/mol. The summed E-state index contributed by atoms with van der Waals surface area (Å²) in [4.78, 5) is 42.0. The lowest BCUT2D eigenvalue weighted by Gasteiger charge is -2.39. The molecular weight excluding hydrogens is 299 g/mol.